The molecule has 2 amide bonds. The molecule has 1 N–H and O–H groups in total. The van der Waals surface area contributed by atoms with Gasteiger partial charge in [-0.3, -0.25) is 9.59 Å². The average molecular weight is 270 g/mol. The minimum atomic E-state index is -0.146. The van der Waals surface area contributed by atoms with E-state index in [1.807, 2.05) is 18.7 Å². The standard InChI is InChI=1S/C14H26N2O3/c1-4-5-13(18)16-8-6-12(7-9-16)14(19)15(3)11(2)10-17/h11-12,17H,4-10H2,1-3H3. The normalized spacial score (nSPS) is 18.2. The molecule has 1 unspecified atom stereocenters. The van der Waals surface area contributed by atoms with Gasteiger partial charge in [-0.25, -0.2) is 0 Å². The quantitative estimate of drug-likeness (QED) is 0.806. The number of hydrogen-bond acceptors (Lipinski definition) is 3. The van der Waals surface area contributed by atoms with Crippen LogP contribution in [0.15, 0.2) is 0 Å². The van der Waals surface area contributed by atoms with Crippen LogP contribution < -0.4 is 0 Å². The second-order valence-electron chi connectivity index (χ2n) is 5.39. The number of nitrogens with zero attached hydrogens (tertiary/aromatic N) is 2. The summed E-state index contributed by atoms with van der Waals surface area (Å²) in [4.78, 5) is 27.5. The van der Waals surface area contributed by atoms with Crippen LogP contribution in [-0.4, -0.2) is 59.5 Å². The molecule has 1 fully saturated rings. The molecule has 5 nitrogen and oxygen atoms in total. The fourth-order valence-electron chi connectivity index (χ4n) is 2.38. The van der Waals surface area contributed by atoms with Crippen molar-refractivity contribution < 1.29 is 14.7 Å². The van der Waals surface area contributed by atoms with E-state index >= 15 is 0 Å². The molecule has 0 spiro atoms. The third kappa shape index (κ3) is 4.20. The molecule has 1 rings (SSSR count). The molecule has 1 aliphatic rings. The smallest absolute Gasteiger partial charge is 0.225 e. The predicted molar refractivity (Wildman–Crippen MR) is 73.5 cm³/mol. The second-order valence-corrected chi connectivity index (χ2v) is 5.39. The van der Waals surface area contributed by atoms with Gasteiger partial charge in [-0.1, -0.05) is 6.92 Å². The Labute approximate surface area is 115 Å². The van der Waals surface area contributed by atoms with Crippen molar-refractivity contribution in [1.82, 2.24) is 9.80 Å². The molecule has 1 aliphatic heterocycles. The molecule has 19 heavy (non-hydrogen) atoms. The van der Waals surface area contributed by atoms with Crippen LogP contribution in [0.2, 0.25) is 0 Å². The maximum atomic E-state index is 12.2. The largest absolute Gasteiger partial charge is 0.394 e. The van der Waals surface area contributed by atoms with Gasteiger partial charge in [0, 0.05) is 32.5 Å². The first kappa shape index (κ1) is 16.0. The first-order valence-electron chi connectivity index (χ1n) is 7.16. The van der Waals surface area contributed by atoms with Crippen molar-refractivity contribution >= 4 is 11.8 Å². The summed E-state index contributed by atoms with van der Waals surface area (Å²) in [7, 11) is 1.73. The average Bonchev–Trinajstić information content (AvgIpc) is 2.45. The molecular weight excluding hydrogens is 244 g/mol. The Morgan fingerprint density at radius 3 is 2.42 bits per heavy atom. The van der Waals surface area contributed by atoms with Gasteiger partial charge < -0.3 is 14.9 Å². The predicted octanol–water partition coefficient (Wildman–Crippen LogP) is 0.864. The number of aliphatic hydroxyl groups excluding tert-OH is 1. The summed E-state index contributed by atoms with van der Waals surface area (Å²) in [6, 6.07) is -0.146. The van der Waals surface area contributed by atoms with E-state index in [9.17, 15) is 9.59 Å². The summed E-state index contributed by atoms with van der Waals surface area (Å²) < 4.78 is 0. The Morgan fingerprint density at radius 2 is 1.95 bits per heavy atom. The van der Waals surface area contributed by atoms with Gasteiger partial charge >= 0.3 is 0 Å². The van der Waals surface area contributed by atoms with Crippen LogP contribution in [0, 0.1) is 5.92 Å². The maximum Gasteiger partial charge on any atom is 0.225 e. The van der Waals surface area contributed by atoms with Crippen molar-refractivity contribution in [3.63, 3.8) is 0 Å². The molecule has 1 heterocycles. The van der Waals surface area contributed by atoms with Gasteiger partial charge in [0.05, 0.1) is 12.6 Å². The monoisotopic (exact) mass is 270 g/mol. The Balaban J connectivity index is 2.45. The van der Waals surface area contributed by atoms with E-state index in [4.69, 9.17) is 5.11 Å². The summed E-state index contributed by atoms with van der Waals surface area (Å²) >= 11 is 0. The van der Waals surface area contributed by atoms with Crippen LogP contribution in [-0.2, 0) is 9.59 Å². The molecule has 0 aliphatic carbocycles. The summed E-state index contributed by atoms with van der Waals surface area (Å²) in [5.41, 5.74) is 0. The molecule has 5 heteroatoms. The highest BCUT2D eigenvalue weighted by Crippen LogP contribution is 2.20. The Bertz CT molecular complexity index is 312. The van der Waals surface area contributed by atoms with Gasteiger partial charge in [-0.15, -0.1) is 0 Å². The Hall–Kier alpha value is -1.10. The van der Waals surface area contributed by atoms with Crippen LogP contribution in [0.3, 0.4) is 0 Å². The molecular formula is C14H26N2O3. The number of rotatable bonds is 5. The topological polar surface area (TPSA) is 60.9 Å². The van der Waals surface area contributed by atoms with Gasteiger partial charge in [0.2, 0.25) is 11.8 Å². The number of aliphatic hydroxyl groups is 1. The fraction of sp³-hybridized carbons (Fsp3) is 0.857. The lowest BCUT2D eigenvalue weighted by molar-refractivity contribution is -0.141. The lowest BCUT2D eigenvalue weighted by Gasteiger charge is -2.34. The highest BCUT2D eigenvalue weighted by molar-refractivity contribution is 5.80. The lowest BCUT2D eigenvalue weighted by Crippen LogP contribution is -2.46. The highest BCUT2D eigenvalue weighted by Gasteiger charge is 2.29. The van der Waals surface area contributed by atoms with Gasteiger partial charge in [0.1, 0.15) is 0 Å². The SMILES string of the molecule is CCCC(=O)N1CCC(C(=O)N(C)C(C)CO)CC1. The highest BCUT2D eigenvalue weighted by atomic mass is 16.3. The zero-order valence-electron chi connectivity index (χ0n) is 12.3. The molecule has 1 atom stereocenters. The molecule has 0 saturated carbocycles. The van der Waals surface area contributed by atoms with E-state index in [2.05, 4.69) is 0 Å². The van der Waals surface area contributed by atoms with Crippen LogP contribution in [0.5, 0.6) is 0 Å². The van der Waals surface area contributed by atoms with Crippen molar-refractivity contribution in [2.45, 2.75) is 45.6 Å². The van der Waals surface area contributed by atoms with E-state index in [1.165, 1.54) is 0 Å². The van der Waals surface area contributed by atoms with E-state index in [0.717, 1.165) is 19.3 Å². The van der Waals surface area contributed by atoms with Crippen molar-refractivity contribution in [1.29, 1.82) is 0 Å². The van der Waals surface area contributed by atoms with Gasteiger partial charge in [0.15, 0.2) is 0 Å². The number of likely N-dealkylation sites (N-methyl/N-ethyl adjacent to an activating group) is 1. The third-order valence-corrected chi connectivity index (χ3v) is 3.93. The van der Waals surface area contributed by atoms with Crippen molar-refractivity contribution in [2.24, 2.45) is 5.92 Å². The molecule has 0 aromatic carbocycles. The molecule has 110 valence electrons. The number of likely N-dealkylation sites (tertiary alicyclic amines) is 1. The maximum absolute atomic E-state index is 12.2. The summed E-state index contributed by atoms with van der Waals surface area (Å²) in [6.45, 7) is 5.17. The summed E-state index contributed by atoms with van der Waals surface area (Å²) in [5.74, 6) is 0.277. The number of carbonyl (C=O) groups is 2. The van der Waals surface area contributed by atoms with E-state index in [-0.39, 0.29) is 30.4 Å². The lowest BCUT2D eigenvalue weighted by atomic mass is 9.94. The third-order valence-electron chi connectivity index (χ3n) is 3.93. The minimum absolute atomic E-state index is 0.00956. The van der Waals surface area contributed by atoms with E-state index < -0.39 is 0 Å². The first-order valence-corrected chi connectivity index (χ1v) is 7.16. The first-order chi connectivity index (χ1) is 9.01. The van der Waals surface area contributed by atoms with Crippen molar-refractivity contribution in [3.8, 4) is 0 Å². The van der Waals surface area contributed by atoms with Gasteiger partial charge in [-0.05, 0) is 26.2 Å². The number of carbonyl (C=O) groups excluding carboxylic acids is 2. The molecule has 0 radical (unpaired) electrons. The van der Waals surface area contributed by atoms with Gasteiger partial charge in [-0.2, -0.15) is 0 Å². The van der Waals surface area contributed by atoms with E-state index in [1.54, 1.807) is 11.9 Å². The Morgan fingerprint density at radius 1 is 1.37 bits per heavy atom. The van der Waals surface area contributed by atoms with Crippen molar-refractivity contribution in [3.05, 3.63) is 0 Å². The molecule has 0 aromatic rings. The van der Waals surface area contributed by atoms with Crippen LogP contribution in [0.1, 0.15) is 39.5 Å². The zero-order chi connectivity index (χ0) is 14.4. The van der Waals surface area contributed by atoms with Gasteiger partial charge in [0.25, 0.3) is 0 Å². The number of hydrogen-bond donors (Lipinski definition) is 1. The second kappa shape index (κ2) is 7.48. The molecule has 1 saturated heterocycles. The summed E-state index contributed by atoms with van der Waals surface area (Å²) in [5, 5.41) is 9.08. The Kier molecular flexibility index (Phi) is 6.28. The zero-order valence-corrected chi connectivity index (χ0v) is 12.3. The van der Waals surface area contributed by atoms with Crippen LogP contribution in [0.4, 0.5) is 0 Å². The van der Waals surface area contributed by atoms with Crippen molar-refractivity contribution in [2.75, 3.05) is 26.7 Å². The fourth-order valence-corrected chi connectivity index (χ4v) is 2.38. The van der Waals surface area contributed by atoms with Crippen LogP contribution in [0.25, 0.3) is 0 Å². The van der Waals surface area contributed by atoms with Crippen LogP contribution >= 0.6 is 0 Å². The minimum Gasteiger partial charge on any atom is -0.394 e. The summed E-state index contributed by atoms with van der Waals surface area (Å²) in [6.07, 6.45) is 2.93. The number of piperidine rings is 1. The molecule has 0 aromatic heterocycles. The van der Waals surface area contributed by atoms with E-state index in [0.29, 0.717) is 19.5 Å². The number of amides is 2. The molecule has 0 bridgehead atoms.